The summed E-state index contributed by atoms with van der Waals surface area (Å²) >= 11 is 0. The van der Waals surface area contributed by atoms with Gasteiger partial charge in [0.2, 0.25) is 5.78 Å². The molecule has 0 aromatic heterocycles. The van der Waals surface area contributed by atoms with Gasteiger partial charge in [0, 0.05) is 11.5 Å². The van der Waals surface area contributed by atoms with Crippen molar-refractivity contribution in [3.8, 4) is 0 Å². The van der Waals surface area contributed by atoms with Crippen LogP contribution in [0.2, 0.25) is 0 Å². The topological polar surface area (TPSA) is 37.3 Å². The van der Waals surface area contributed by atoms with Crippen LogP contribution in [0.4, 0.5) is 0 Å². The highest BCUT2D eigenvalue weighted by Gasteiger charge is 2.51. The van der Waals surface area contributed by atoms with E-state index in [-0.39, 0.29) is 17.5 Å². The first-order valence-corrected chi connectivity index (χ1v) is 7.94. The van der Waals surface area contributed by atoms with E-state index in [1.165, 1.54) is 32.1 Å². The molecule has 106 valence electrons. The van der Waals surface area contributed by atoms with E-state index in [4.69, 9.17) is 0 Å². The van der Waals surface area contributed by atoms with Crippen LogP contribution in [0, 0.1) is 29.1 Å². The van der Waals surface area contributed by atoms with Gasteiger partial charge in [0.05, 0.1) is 0 Å². The second-order valence-corrected chi connectivity index (χ2v) is 7.34. The zero-order valence-electron chi connectivity index (χ0n) is 12.0. The maximum Gasteiger partial charge on any atom is 0.220 e. The van der Waals surface area contributed by atoms with Crippen LogP contribution in [0.3, 0.4) is 0 Å². The monoisotopic (exact) mass is 270 g/mol. The van der Waals surface area contributed by atoms with Crippen molar-refractivity contribution in [1.82, 2.24) is 0 Å². The molecule has 0 amide bonds. The quantitative estimate of drug-likeness (QED) is 0.723. The molecule has 0 radical (unpaired) electrons. The Hall–Kier alpha value is -1.31. The minimum Gasteiger partial charge on any atom is -0.504 e. The lowest BCUT2D eigenvalue weighted by molar-refractivity contribution is -0.114. The Kier molecular flexibility index (Phi) is 2.55. The molecule has 1 N–H and O–H groups in total. The summed E-state index contributed by atoms with van der Waals surface area (Å²) in [7, 11) is 0. The van der Waals surface area contributed by atoms with E-state index in [0.717, 1.165) is 11.5 Å². The van der Waals surface area contributed by atoms with Crippen molar-refractivity contribution < 1.29 is 9.90 Å². The summed E-state index contributed by atoms with van der Waals surface area (Å²) in [5.41, 5.74) is 1.39. The fourth-order valence-electron chi connectivity index (χ4n) is 5.36. The van der Waals surface area contributed by atoms with Gasteiger partial charge in [0.15, 0.2) is 5.76 Å². The Balaban J connectivity index is 1.75. The standard InChI is InChI=1S/C18H22O2/c1-18-9-2-3-15(18)13-4-5-14-11(12(13)8-10-18)6-7-16(19)17(14)20/h4-7,11-13,15,20H,2-3,8-10H2,1H3/t11-,12-,13-,15+,18+/m1/s1. The van der Waals surface area contributed by atoms with Crippen molar-refractivity contribution in [3.05, 3.63) is 35.6 Å². The fraction of sp³-hybridized carbons (Fsp3) is 0.611. The minimum absolute atomic E-state index is 0.0213. The molecular formula is C18H22O2. The van der Waals surface area contributed by atoms with Crippen molar-refractivity contribution in [3.63, 3.8) is 0 Å². The number of fused-ring (bicyclic) bond motifs is 5. The number of allylic oxidation sites excluding steroid dienone is 5. The smallest absolute Gasteiger partial charge is 0.220 e. The Bertz CT molecular complexity index is 554. The number of carbonyl (C=O) groups excluding carboxylic acids is 1. The van der Waals surface area contributed by atoms with Crippen LogP contribution in [-0.4, -0.2) is 10.9 Å². The molecule has 0 spiro atoms. The van der Waals surface area contributed by atoms with Crippen molar-refractivity contribution >= 4 is 5.78 Å². The van der Waals surface area contributed by atoms with Gasteiger partial charge < -0.3 is 5.11 Å². The van der Waals surface area contributed by atoms with Crippen molar-refractivity contribution in [1.29, 1.82) is 0 Å². The van der Waals surface area contributed by atoms with E-state index >= 15 is 0 Å². The van der Waals surface area contributed by atoms with Crippen LogP contribution in [0.5, 0.6) is 0 Å². The van der Waals surface area contributed by atoms with Crippen LogP contribution in [0.15, 0.2) is 35.6 Å². The number of rotatable bonds is 0. The maximum absolute atomic E-state index is 11.6. The van der Waals surface area contributed by atoms with Gasteiger partial charge >= 0.3 is 0 Å². The Morgan fingerprint density at radius 3 is 2.90 bits per heavy atom. The maximum atomic E-state index is 11.6. The average Bonchev–Trinajstić information content (AvgIpc) is 2.84. The molecular weight excluding hydrogens is 248 g/mol. The molecule has 0 saturated heterocycles. The number of hydrogen-bond donors (Lipinski definition) is 1. The molecule has 4 aliphatic rings. The van der Waals surface area contributed by atoms with Crippen LogP contribution in [-0.2, 0) is 4.79 Å². The molecule has 0 bridgehead atoms. The summed E-state index contributed by atoms with van der Waals surface area (Å²) in [6.07, 6.45) is 14.6. The largest absolute Gasteiger partial charge is 0.504 e. The van der Waals surface area contributed by atoms with Gasteiger partial charge in [-0.3, -0.25) is 4.79 Å². The highest BCUT2D eigenvalue weighted by molar-refractivity contribution is 6.04. The Labute approximate surface area is 120 Å². The van der Waals surface area contributed by atoms with Crippen LogP contribution < -0.4 is 0 Å². The Morgan fingerprint density at radius 1 is 1.20 bits per heavy atom. The number of aliphatic hydroxyl groups is 1. The molecule has 2 heteroatoms. The molecule has 2 saturated carbocycles. The van der Waals surface area contributed by atoms with Crippen molar-refractivity contribution in [2.75, 3.05) is 0 Å². The summed E-state index contributed by atoms with van der Waals surface area (Å²) in [6, 6.07) is 0. The molecule has 0 aromatic carbocycles. The van der Waals surface area contributed by atoms with E-state index in [2.05, 4.69) is 13.0 Å². The lowest BCUT2D eigenvalue weighted by Gasteiger charge is -2.49. The number of carbonyl (C=O) groups is 1. The average molecular weight is 270 g/mol. The van der Waals surface area contributed by atoms with E-state index in [9.17, 15) is 9.90 Å². The molecule has 4 aliphatic carbocycles. The highest BCUT2D eigenvalue weighted by Crippen LogP contribution is 2.59. The van der Waals surface area contributed by atoms with Gasteiger partial charge in [-0.05, 0) is 54.9 Å². The van der Waals surface area contributed by atoms with E-state index in [0.29, 0.717) is 17.3 Å². The lowest BCUT2D eigenvalue weighted by atomic mass is 9.55. The second-order valence-electron chi connectivity index (χ2n) is 7.34. The van der Waals surface area contributed by atoms with Gasteiger partial charge in [-0.25, -0.2) is 0 Å². The van der Waals surface area contributed by atoms with Gasteiger partial charge in [-0.15, -0.1) is 0 Å². The molecule has 0 unspecified atom stereocenters. The molecule has 5 atom stereocenters. The molecule has 0 heterocycles. The summed E-state index contributed by atoms with van der Waals surface area (Å²) in [4.78, 5) is 11.6. The molecule has 4 rings (SSSR count). The first-order chi connectivity index (χ1) is 9.60. The molecule has 2 fully saturated rings. The molecule has 0 aliphatic heterocycles. The lowest BCUT2D eigenvalue weighted by Crippen LogP contribution is -2.42. The van der Waals surface area contributed by atoms with Crippen LogP contribution in [0.25, 0.3) is 0 Å². The summed E-state index contributed by atoms with van der Waals surface area (Å²) in [6.45, 7) is 2.47. The highest BCUT2D eigenvalue weighted by atomic mass is 16.3. The SMILES string of the molecule is C[C@@]12CCC[C@H]1[C@@H]1C=CC3=C(O)C(=O)C=C[C@@H]3[C@H]1CC2. The Morgan fingerprint density at radius 2 is 2.05 bits per heavy atom. The van der Waals surface area contributed by atoms with E-state index < -0.39 is 0 Å². The van der Waals surface area contributed by atoms with E-state index in [1.54, 1.807) is 6.08 Å². The summed E-state index contributed by atoms with van der Waals surface area (Å²) in [5.74, 6) is 2.02. The first-order valence-electron chi connectivity index (χ1n) is 7.94. The minimum atomic E-state index is -0.235. The predicted octanol–water partition coefficient (Wildman–Crippen LogP) is 3.96. The third-order valence-corrected chi connectivity index (χ3v) is 6.45. The van der Waals surface area contributed by atoms with Gasteiger partial charge in [0.25, 0.3) is 0 Å². The molecule has 20 heavy (non-hydrogen) atoms. The summed E-state index contributed by atoms with van der Waals surface area (Å²) in [5, 5.41) is 10.0. The first kappa shape index (κ1) is 12.4. The van der Waals surface area contributed by atoms with Gasteiger partial charge in [0.1, 0.15) is 0 Å². The zero-order chi connectivity index (χ0) is 13.9. The van der Waals surface area contributed by atoms with Crippen molar-refractivity contribution in [2.45, 2.75) is 39.0 Å². The number of hydrogen-bond acceptors (Lipinski definition) is 2. The van der Waals surface area contributed by atoms with Crippen LogP contribution in [0.1, 0.15) is 39.0 Å². The van der Waals surface area contributed by atoms with Gasteiger partial charge in [-0.1, -0.05) is 31.6 Å². The normalized spacial score (nSPS) is 46.1. The predicted molar refractivity (Wildman–Crippen MR) is 78.1 cm³/mol. The fourth-order valence-corrected chi connectivity index (χ4v) is 5.36. The molecule has 2 nitrogen and oxygen atoms in total. The second kappa shape index (κ2) is 4.09. The summed E-state index contributed by atoms with van der Waals surface area (Å²) < 4.78 is 0. The van der Waals surface area contributed by atoms with Crippen molar-refractivity contribution in [2.24, 2.45) is 29.1 Å². The zero-order valence-corrected chi connectivity index (χ0v) is 12.0. The third-order valence-electron chi connectivity index (χ3n) is 6.45. The van der Waals surface area contributed by atoms with Gasteiger partial charge in [-0.2, -0.15) is 0 Å². The molecule has 0 aromatic rings. The number of aliphatic hydroxyl groups excluding tert-OH is 1. The van der Waals surface area contributed by atoms with E-state index in [1.807, 2.05) is 12.2 Å². The number of ketones is 1. The van der Waals surface area contributed by atoms with Crippen LogP contribution >= 0.6 is 0 Å². The third kappa shape index (κ3) is 1.54.